The highest BCUT2D eigenvalue weighted by Crippen LogP contribution is 2.24. The number of benzene rings is 1. The van der Waals surface area contributed by atoms with E-state index in [1.54, 1.807) is 23.5 Å². The van der Waals surface area contributed by atoms with Crippen LogP contribution in [0.15, 0.2) is 35.7 Å². The smallest absolute Gasteiger partial charge is 0.245 e. The number of fused-ring (bicyclic) bond motifs is 1. The molecule has 1 atom stereocenters. The van der Waals surface area contributed by atoms with E-state index in [-0.39, 0.29) is 17.8 Å². The van der Waals surface area contributed by atoms with Gasteiger partial charge in [0.1, 0.15) is 11.9 Å². The fourth-order valence-electron chi connectivity index (χ4n) is 2.57. The van der Waals surface area contributed by atoms with Gasteiger partial charge in [-0.3, -0.25) is 4.79 Å². The average Bonchev–Trinajstić information content (AvgIpc) is 2.96. The van der Waals surface area contributed by atoms with Gasteiger partial charge in [0.05, 0.1) is 0 Å². The van der Waals surface area contributed by atoms with E-state index in [0.29, 0.717) is 6.54 Å². The maximum absolute atomic E-state index is 12.9. The average molecular weight is 304 g/mol. The fraction of sp³-hybridized carbons (Fsp3) is 0.312. The molecule has 5 heteroatoms. The Morgan fingerprint density at radius 1 is 1.33 bits per heavy atom. The van der Waals surface area contributed by atoms with Crippen LogP contribution in [0, 0.1) is 5.82 Å². The van der Waals surface area contributed by atoms with Gasteiger partial charge in [0.15, 0.2) is 0 Å². The number of nitrogens with one attached hydrogen (secondary N) is 1. The second kappa shape index (κ2) is 5.85. The molecule has 1 amide bonds. The van der Waals surface area contributed by atoms with Gasteiger partial charge in [0, 0.05) is 23.7 Å². The standard InChI is InChI=1S/C16H17FN2OS/c1-11(18-14-4-2-13(17)3-5-14)16(20)19-8-6-15-12(10-19)7-9-21-15/h2-5,7,9,11,18H,6,8,10H2,1H3. The maximum Gasteiger partial charge on any atom is 0.245 e. The topological polar surface area (TPSA) is 32.3 Å². The third-order valence-corrected chi connectivity index (χ3v) is 4.74. The van der Waals surface area contributed by atoms with Gasteiger partial charge in [-0.25, -0.2) is 4.39 Å². The molecule has 0 fully saturated rings. The molecular weight excluding hydrogens is 287 g/mol. The maximum atomic E-state index is 12.9. The van der Waals surface area contributed by atoms with E-state index in [1.807, 2.05) is 11.8 Å². The quantitative estimate of drug-likeness (QED) is 0.944. The normalized spacial score (nSPS) is 15.4. The zero-order valence-corrected chi connectivity index (χ0v) is 12.6. The summed E-state index contributed by atoms with van der Waals surface area (Å²) in [5, 5.41) is 5.21. The number of hydrogen-bond donors (Lipinski definition) is 1. The molecule has 0 bridgehead atoms. The summed E-state index contributed by atoms with van der Waals surface area (Å²) in [4.78, 5) is 15.8. The van der Waals surface area contributed by atoms with E-state index in [9.17, 15) is 9.18 Å². The summed E-state index contributed by atoms with van der Waals surface area (Å²) in [7, 11) is 0. The van der Waals surface area contributed by atoms with Crippen molar-refractivity contribution < 1.29 is 9.18 Å². The molecule has 1 N–H and O–H groups in total. The van der Waals surface area contributed by atoms with Crippen LogP contribution < -0.4 is 5.32 Å². The van der Waals surface area contributed by atoms with Gasteiger partial charge in [0.2, 0.25) is 5.91 Å². The fourth-order valence-corrected chi connectivity index (χ4v) is 3.46. The van der Waals surface area contributed by atoms with Crippen molar-refractivity contribution in [3.63, 3.8) is 0 Å². The van der Waals surface area contributed by atoms with Crippen molar-refractivity contribution >= 4 is 22.9 Å². The summed E-state index contributed by atoms with van der Waals surface area (Å²) in [6, 6.07) is 7.84. The Morgan fingerprint density at radius 3 is 2.86 bits per heavy atom. The monoisotopic (exact) mass is 304 g/mol. The van der Waals surface area contributed by atoms with Crippen LogP contribution in [0.4, 0.5) is 10.1 Å². The predicted octanol–water partition coefficient (Wildman–Crippen LogP) is 3.27. The number of carbonyl (C=O) groups excluding carboxylic acids is 1. The molecule has 3 nitrogen and oxygen atoms in total. The van der Waals surface area contributed by atoms with Crippen LogP contribution in [0.1, 0.15) is 17.4 Å². The van der Waals surface area contributed by atoms with Gasteiger partial charge in [-0.2, -0.15) is 0 Å². The first-order valence-electron chi connectivity index (χ1n) is 6.99. The van der Waals surface area contributed by atoms with Crippen molar-refractivity contribution in [3.05, 3.63) is 52.0 Å². The SMILES string of the molecule is CC(Nc1ccc(F)cc1)C(=O)N1CCc2sccc2C1. The minimum absolute atomic E-state index is 0.0798. The third-order valence-electron chi connectivity index (χ3n) is 3.72. The van der Waals surface area contributed by atoms with E-state index in [1.165, 1.54) is 22.6 Å². The second-order valence-corrected chi connectivity index (χ2v) is 6.25. The molecule has 1 aromatic heterocycles. The highest BCUT2D eigenvalue weighted by Gasteiger charge is 2.25. The summed E-state index contributed by atoms with van der Waals surface area (Å²) < 4.78 is 12.9. The molecule has 1 aromatic carbocycles. The first-order valence-corrected chi connectivity index (χ1v) is 7.87. The molecule has 2 heterocycles. The molecule has 0 radical (unpaired) electrons. The summed E-state index contributed by atoms with van der Waals surface area (Å²) >= 11 is 1.76. The van der Waals surface area contributed by atoms with E-state index in [4.69, 9.17) is 0 Å². The number of hydrogen-bond acceptors (Lipinski definition) is 3. The van der Waals surface area contributed by atoms with E-state index in [0.717, 1.165) is 18.7 Å². The number of thiophene rings is 1. The molecule has 2 aromatic rings. The highest BCUT2D eigenvalue weighted by molar-refractivity contribution is 7.10. The van der Waals surface area contributed by atoms with E-state index in [2.05, 4.69) is 16.8 Å². The van der Waals surface area contributed by atoms with Crippen molar-refractivity contribution in [3.8, 4) is 0 Å². The Balaban J connectivity index is 1.64. The van der Waals surface area contributed by atoms with Crippen LogP contribution in [0.5, 0.6) is 0 Å². The number of halogens is 1. The van der Waals surface area contributed by atoms with Gasteiger partial charge in [-0.05, 0) is 54.6 Å². The van der Waals surface area contributed by atoms with E-state index < -0.39 is 0 Å². The molecule has 0 spiro atoms. The third kappa shape index (κ3) is 3.08. The Bertz CT molecular complexity index is 638. The molecule has 0 saturated heterocycles. The Kier molecular flexibility index (Phi) is 3.92. The molecule has 21 heavy (non-hydrogen) atoms. The zero-order chi connectivity index (χ0) is 14.8. The van der Waals surface area contributed by atoms with Gasteiger partial charge < -0.3 is 10.2 Å². The minimum atomic E-state index is -0.323. The second-order valence-electron chi connectivity index (χ2n) is 5.25. The lowest BCUT2D eigenvalue weighted by atomic mass is 10.1. The van der Waals surface area contributed by atoms with Crippen LogP contribution in [0.3, 0.4) is 0 Å². The number of amides is 1. The highest BCUT2D eigenvalue weighted by atomic mass is 32.1. The van der Waals surface area contributed by atoms with Crippen molar-refractivity contribution in [2.24, 2.45) is 0 Å². The number of rotatable bonds is 3. The first-order chi connectivity index (χ1) is 10.1. The first kappa shape index (κ1) is 14.1. The van der Waals surface area contributed by atoms with Crippen LogP contribution in [-0.2, 0) is 17.8 Å². The molecule has 110 valence electrons. The number of nitrogens with zero attached hydrogens (tertiary/aromatic N) is 1. The van der Waals surface area contributed by atoms with Crippen molar-refractivity contribution in [2.75, 3.05) is 11.9 Å². The van der Waals surface area contributed by atoms with Crippen molar-refractivity contribution in [1.29, 1.82) is 0 Å². The zero-order valence-electron chi connectivity index (χ0n) is 11.8. The molecule has 1 aliphatic heterocycles. The molecule has 0 saturated carbocycles. The molecule has 3 rings (SSSR count). The van der Waals surface area contributed by atoms with Gasteiger partial charge >= 0.3 is 0 Å². The molecule has 0 aliphatic carbocycles. The van der Waals surface area contributed by atoms with Crippen LogP contribution in [0.2, 0.25) is 0 Å². The molecule has 1 aliphatic rings. The lowest BCUT2D eigenvalue weighted by molar-refractivity contribution is -0.132. The molecular formula is C16H17FN2OS. The summed E-state index contributed by atoms with van der Waals surface area (Å²) in [5.41, 5.74) is 2.01. The summed E-state index contributed by atoms with van der Waals surface area (Å²) in [6.07, 6.45) is 0.933. The van der Waals surface area contributed by atoms with Crippen molar-refractivity contribution in [1.82, 2.24) is 4.90 Å². The largest absolute Gasteiger partial charge is 0.374 e. The lowest BCUT2D eigenvalue weighted by Crippen LogP contribution is -2.43. The van der Waals surface area contributed by atoms with Crippen molar-refractivity contribution in [2.45, 2.75) is 25.9 Å². The predicted molar refractivity (Wildman–Crippen MR) is 82.9 cm³/mol. The minimum Gasteiger partial charge on any atom is -0.374 e. The van der Waals surface area contributed by atoms with Gasteiger partial charge in [-0.1, -0.05) is 0 Å². The van der Waals surface area contributed by atoms with Crippen LogP contribution >= 0.6 is 11.3 Å². The molecule has 1 unspecified atom stereocenters. The van der Waals surface area contributed by atoms with Gasteiger partial charge in [-0.15, -0.1) is 11.3 Å². The Labute approximate surface area is 127 Å². The number of anilines is 1. The van der Waals surface area contributed by atoms with Crippen LogP contribution in [-0.4, -0.2) is 23.4 Å². The summed E-state index contributed by atoms with van der Waals surface area (Å²) in [6.45, 7) is 3.30. The lowest BCUT2D eigenvalue weighted by Gasteiger charge is -2.30. The Hall–Kier alpha value is -1.88. The Morgan fingerprint density at radius 2 is 2.10 bits per heavy atom. The number of carbonyl (C=O) groups is 1. The summed E-state index contributed by atoms with van der Waals surface area (Å²) in [5.74, 6) is -0.197. The van der Waals surface area contributed by atoms with Crippen LogP contribution in [0.25, 0.3) is 0 Å². The van der Waals surface area contributed by atoms with E-state index >= 15 is 0 Å². The van der Waals surface area contributed by atoms with Gasteiger partial charge in [0.25, 0.3) is 0 Å².